The molecule has 1 N–H and O–H groups in total. The van der Waals surface area contributed by atoms with Gasteiger partial charge in [-0.15, -0.1) is 0 Å². The third kappa shape index (κ3) is 8.25. The number of hydrogen-bond acceptors (Lipinski definition) is 4. The van der Waals surface area contributed by atoms with Crippen LogP contribution >= 0.6 is 0 Å². The fourth-order valence-electron chi connectivity index (χ4n) is 2.99. The first kappa shape index (κ1) is 21.1. The molecular formula is C19H37NO4. The van der Waals surface area contributed by atoms with Crippen LogP contribution in [0.1, 0.15) is 67.6 Å². The summed E-state index contributed by atoms with van der Waals surface area (Å²) in [5, 5.41) is 3.06. The number of nitrogens with one attached hydrogen (secondary N) is 1. The summed E-state index contributed by atoms with van der Waals surface area (Å²) in [4.78, 5) is 23.9. The van der Waals surface area contributed by atoms with Gasteiger partial charge in [-0.05, 0) is 39.0 Å². The summed E-state index contributed by atoms with van der Waals surface area (Å²) in [5.74, 6) is 0.707. The van der Waals surface area contributed by atoms with Gasteiger partial charge in [-0.2, -0.15) is 0 Å². The van der Waals surface area contributed by atoms with Crippen LogP contribution in [0.15, 0.2) is 0 Å². The monoisotopic (exact) mass is 343 g/mol. The molecule has 1 unspecified atom stereocenters. The fraction of sp³-hybridized carbons (Fsp3) is 0.895. The minimum Gasteiger partial charge on any atom is -0.379 e. The van der Waals surface area contributed by atoms with Gasteiger partial charge in [0.05, 0.1) is 25.9 Å². The summed E-state index contributed by atoms with van der Waals surface area (Å²) >= 11 is 0. The highest BCUT2D eigenvalue weighted by Crippen LogP contribution is 2.27. The smallest absolute Gasteiger partial charge is 0.222 e. The normalized spacial score (nSPS) is 22.4. The van der Waals surface area contributed by atoms with Crippen LogP contribution in [0.25, 0.3) is 0 Å². The van der Waals surface area contributed by atoms with E-state index < -0.39 is 0 Å². The molecule has 0 aromatic rings. The Morgan fingerprint density at radius 2 is 1.75 bits per heavy atom. The number of Topliss-reactive ketones (excluding diaryl/α,β-unsaturated/α-hetero) is 1. The van der Waals surface area contributed by atoms with Crippen molar-refractivity contribution in [2.45, 2.75) is 78.4 Å². The summed E-state index contributed by atoms with van der Waals surface area (Å²) in [7, 11) is 0. The van der Waals surface area contributed by atoms with E-state index in [1.807, 2.05) is 20.8 Å². The van der Waals surface area contributed by atoms with E-state index in [1.54, 1.807) is 0 Å². The predicted octanol–water partition coefficient (Wildman–Crippen LogP) is 3.35. The highest BCUT2D eigenvalue weighted by molar-refractivity contribution is 5.83. The lowest BCUT2D eigenvalue weighted by molar-refractivity contribution is -0.127. The van der Waals surface area contributed by atoms with Crippen molar-refractivity contribution in [3.05, 3.63) is 0 Å². The largest absolute Gasteiger partial charge is 0.379 e. The van der Waals surface area contributed by atoms with Crippen LogP contribution in [0.2, 0.25) is 0 Å². The van der Waals surface area contributed by atoms with Crippen LogP contribution in [0.5, 0.6) is 0 Å². The first-order valence-electron chi connectivity index (χ1n) is 9.46. The van der Waals surface area contributed by atoms with E-state index in [2.05, 4.69) is 12.2 Å². The van der Waals surface area contributed by atoms with Crippen LogP contribution in [-0.2, 0) is 19.1 Å². The molecule has 1 aliphatic rings. The molecule has 0 radical (unpaired) electrons. The molecule has 1 amide bonds. The van der Waals surface area contributed by atoms with E-state index in [0.29, 0.717) is 32.0 Å². The molecule has 1 aliphatic carbocycles. The molecule has 0 saturated heterocycles. The van der Waals surface area contributed by atoms with Gasteiger partial charge < -0.3 is 14.8 Å². The molecule has 0 aromatic carbocycles. The van der Waals surface area contributed by atoms with Crippen molar-refractivity contribution < 1.29 is 20.5 Å². The number of amides is 1. The van der Waals surface area contributed by atoms with E-state index >= 15 is 0 Å². The fourth-order valence-corrected chi connectivity index (χ4v) is 2.99. The van der Waals surface area contributed by atoms with Gasteiger partial charge in [-0.1, -0.05) is 20.8 Å². The molecule has 1 saturated carbocycles. The van der Waals surface area contributed by atoms with Crippen molar-refractivity contribution in [1.29, 1.82) is 0 Å². The minimum atomic E-state index is 0. The number of carbonyl (C=O) groups excluding carboxylic acids is 2. The molecule has 142 valence electrons. The molecular weight excluding hydrogens is 306 g/mol. The maximum Gasteiger partial charge on any atom is 0.222 e. The topological polar surface area (TPSA) is 64.6 Å². The Morgan fingerprint density at radius 3 is 2.33 bits per heavy atom. The molecule has 1 atom stereocenters. The summed E-state index contributed by atoms with van der Waals surface area (Å²) in [6, 6.07) is 0.211. The predicted molar refractivity (Wildman–Crippen MR) is 97.0 cm³/mol. The van der Waals surface area contributed by atoms with E-state index in [0.717, 1.165) is 32.1 Å². The zero-order valence-electron chi connectivity index (χ0n) is 15.8. The van der Waals surface area contributed by atoms with Gasteiger partial charge in [-0.3, -0.25) is 9.59 Å². The molecule has 5 nitrogen and oxygen atoms in total. The van der Waals surface area contributed by atoms with Gasteiger partial charge in [0.1, 0.15) is 5.78 Å². The van der Waals surface area contributed by atoms with E-state index in [9.17, 15) is 9.59 Å². The SMILES string of the molecule is CCC(C)OCCOCCC(=O)NC1CCC(C(=O)C(C)C)CC1.[HH]. The number of ketones is 1. The highest BCUT2D eigenvalue weighted by Gasteiger charge is 2.28. The lowest BCUT2D eigenvalue weighted by atomic mass is 9.80. The van der Waals surface area contributed by atoms with Crippen molar-refractivity contribution >= 4 is 11.7 Å². The average molecular weight is 344 g/mol. The quantitative estimate of drug-likeness (QED) is 0.584. The van der Waals surface area contributed by atoms with Gasteiger partial charge in [0.25, 0.3) is 0 Å². The summed E-state index contributed by atoms with van der Waals surface area (Å²) in [5.41, 5.74) is 0. The van der Waals surface area contributed by atoms with Crippen LogP contribution in [0, 0.1) is 11.8 Å². The zero-order valence-corrected chi connectivity index (χ0v) is 15.8. The van der Waals surface area contributed by atoms with E-state index in [-0.39, 0.29) is 31.3 Å². The average Bonchev–Trinajstić information content (AvgIpc) is 2.57. The lowest BCUT2D eigenvalue weighted by Crippen LogP contribution is -2.39. The minimum absolute atomic E-state index is 0. The maximum atomic E-state index is 12.0. The van der Waals surface area contributed by atoms with Crippen molar-refractivity contribution in [3.8, 4) is 0 Å². The summed E-state index contributed by atoms with van der Waals surface area (Å²) < 4.78 is 10.9. The van der Waals surface area contributed by atoms with Gasteiger partial charge in [0.2, 0.25) is 5.91 Å². The van der Waals surface area contributed by atoms with Gasteiger partial charge >= 0.3 is 0 Å². The number of hydrogen-bond donors (Lipinski definition) is 1. The third-order valence-electron chi connectivity index (χ3n) is 4.74. The first-order chi connectivity index (χ1) is 11.4. The Kier molecular flexibility index (Phi) is 10.2. The summed E-state index contributed by atoms with van der Waals surface area (Å²) in [6.45, 7) is 9.58. The Bertz CT molecular complexity index is 382. The Balaban J connectivity index is 0.00000576. The molecule has 0 spiro atoms. The Morgan fingerprint density at radius 1 is 1.08 bits per heavy atom. The van der Waals surface area contributed by atoms with Crippen LogP contribution in [0.3, 0.4) is 0 Å². The number of rotatable bonds is 11. The Labute approximate surface area is 148 Å². The molecule has 0 heterocycles. The molecule has 0 bridgehead atoms. The molecule has 1 rings (SSSR count). The standard InChI is InChI=1S/C19H35NO4.H2/c1-5-15(4)24-13-12-23-11-10-18(21)20-17-8-6-16(7-9-17)19(22)14(2)3;/h14-17H,5-13H2,1-4H3,(H,20,21);1H. The van der Waals surface area contributed by atoms with Crippen molar-refractivity contribution in [2.75, 3.05) is 19.8 Å². The molecule has 5 heteroatoms. The van der Waals surface area contributed by atoms with Crippen LogP contribution in [-0.4, -0.2) is 43.7 Å². The van der Waals surface area contributed by atoms with Crippen LogP contribution < -0.4 is 5.32 Å². The first-order valence-corrected chi connectivity index (χ1v) is 9.46. The second-order valence-corrected chi connectivity index (χ2v) is 7.13. The van der Waals surface area contributed by atoms with Gasteiger partial charge in [-0.25, -0.2) is 0 Å². The maximum absolute atomic E-state index is 12.0. The highest BCUT2D eigenvalue weighted by atomic mass is 16.5. The third-order valence-corrected chi connectivity index (χ3v) is 4.74. The van der Waals surface area contributed by atoms with Crippen LogP contribution in [0.4, 0.5) is 0 Å². The molecule has 1 fully saturated rings. The molecule has 0 aliphatic heterocycles. The molecule has 0 aromatic heterocycles. The number of carbonyl (C=O) groups is 2. The summed E-state index contributed by atoms with van der Waals surface area (Å²) in [6.07, 6.45) is 5.23. The second-order valence-electron chi connectivity index (χ2n) is 7.13. The zero-order chi connectivity index (χ0) is 17.9. The van der Waals surface area contributed by atoms with Gasteiger partial charge in [0, 0.05) is 25.7 Å². The van der Waals surface area contributed by atoms with E-state index in [1.165, 1.54) is 0 Å². The number of ether oxygens (including phenoxy) is 2. The van der Waals surface area contributed by atoms with Crippen molar-refractivity contribution in [3.63, 3.8) is 0 Å². The van der Waals surface area contributed by atoms with Crippen molar-refractivity contribution in [1.82, 2.24) is 5.32 Å². The van der Waals surface area contributed by atoms with Gasteiger partial charge in [0.15, 0.2) is 0 Å². The molecule has 24 heavy (non-hydrogen) atoms. The van der Waals surface area contributed by atoms with E-state index in [4.69, 9.17) is 9.47 Å². The Hall–Kier alpha value is -0.940. The van der Waals surface area contributed by atoms with Crippen molar-refractivity contribution in [2.24, 2.45) is 11.8 Å². The lowest BCUT2D eigenvalue weighted by Gasteiger charge is -2.29. The second kappa shape index (κ2) is 11.6.